The molecule has 0 spiro atoms. The molecule has 118 valence electrons. The van der Waals surface area contributed by atoms with Gasteiger partial charge in [0.05, 0.1) is 12.1 Å². The molecule has 0 aliphatic carbocycles. The highest BCUT2D eigenvalue weighted by Crippen LogP contribution is 2.16. The number of hydrogen-bond donors (Lipinski definition) is 3. The first kappa shape index (κ1) is 17.4. The lowest BCUT2D eigenvalue weighted by Gasteiger charge is -2.17. The minimum Gasteiger partial charge on any atom is -0.393 e. The third kappa shape index (κ3) is 5.71. The number of nitrogens with one attached hydrogen (secondary N) is 2. The molecule has 0 aliphatic rings. The summed E-state index contributed by atoms with van der Waals surface area (Å²) in [4.78, 5) is 11.7. The molecule has 0 bridgehead atoms. The Morgan fingerprint density at radius 2 is 2.00 bits per heavy atom. The van der Waals surface area contributed by atoms with Crippen LogP contribution < -0.4 is 10.6 Å². The third-order valence-corrected chi connectivity index (χ3v) is 3.54. The van der Waals surface area contributed by atoms with E-state index in [1.807, 2.05) is 13.8 Å². The topological polar surface area (TPSA) is 61.4 Å². The molecule has 0 aromatic heterocycles. The fourth-order valence-corrected chi connectivity index (χ4v) is 1.88. The highest BCUT2D eigenvalue weighted by Gasteiger charge is 2.12. The normalized spacial score (nSPS) is 13.9. The summed E-state index contributed by atoms with van der Waals surface area (Å²) in [5.41, 5.74) is 1.30. The molecule has 0 saturated heterocycles. The predicted octanol–water partition coefficient (Wildman–Crippen LogP) is 2.90. The second-order valence-electron chi connectivity index (χ2n) is 5.73. The quantitative estimate of drug-likeness (QED) is 0.756. The molecule has 3 N–H and O–H groups in total. The summed E-state index contributed by atoms with van der Waals surface area (Å²) in [6, 6.07) is 4.32. The number of aliphatic hydroxyl groups is 1. The van der Waals surface area contributed by atoms with Gasteiger partial charge in [-0.15, -0.1) is 0 Å². The summed E-state index contributed by atoms with van der Waals surface area (Å²) in [6.07, 6.45) is 0.0902. The van der Waals surface area contributed by atoms with E-state index in [0.717, 1.165) is 5.56 Å². The van der Waals surface area contributed by atoms with Gasteiger partial charge in [-0.25, -0.2) is 9.18 Å². The molecule has 1 aromatic rings. The summed E-state index contributed by atoms with van der Waals surface area (Å²) in [5, 5.41) is 15.1. The molecular formula is C16H25FN2O2. The molecule has 2 unspecified atom stereocenters. The lowest BCUT2D eigenvalue weighted by atomic mass is 10.0. The molecule has 1 aromatic carbocycles. The fraction of sp³-hybridized carbons (Fsp3) is 0.562. The van der Waals surface area contributed by atoms with E-state index in [4.69, 9.17) is 0 Å². The number of aryl methyl sites for hydroxylation is 1. The highest BCUT2D eigenvalue weighted by atomic mass is 19.1. The Hall–Kier alpha value is -1.62. The molecule has 5 heteroatoms. The number of rotatable bonds is 6. The van der Waals surface area contributed by atoms with Crippen molar-refractivity contribution in [2.24, 2.45) is 5.92 Å². The van der Waals surface area contributed by atoms with Gasteiger partial charge in [0.25, 0.3) is 0 Å². The van der Waals surface area contributed by atoms with Crippen molar-refractivity contribution >= 4 is 6.03 Å². The molecule has 0 radical (unpaired) electrons. The van der Waals surface area contributed by atoms with E-state index in [1.54, 1.807) is 26.0 Å². The van der Waals surface area contributed by atoms with Gasteiger partial charge in [0.15, 0.2) is 0 Å². The van der Waals surface area contributed by atoms with Crippen molar-refractivity contribution in [1.29, 1.82) is 0 Å². The first-order valence-corrected chi connectivity index (χ1v) is 7.29. The maximum Gasteiger partial charge on any atom is 0.315 e. The molecule has 0 heterocycles. The van der Waals surface area contributed by atoms with Gasteiger partial charge in [0.1, 0.15) is 5.82 Å². The van der Waals surface area contributed by atoms with Gasteiger partial charge in [-0.2, -0.15) is 0 Å². The maximum absolute atomic E-state index is 13.5. The molecule has 1 rings (SSSR count). The molecule has 0 aliphatic heterocycles. The number of halogens is 1. The van der Waals surface area contributed by atoms with Crippen LogP contribution >= 0.6 is 0 Å². The average molecular weight is 296 g/mol. The first-order valence-electron chi connectivity index (χ1n) is 7.29. The van der Waals surface area contributed by atoms with Crippen LogP contribution in [0.1, 0.15) is 44.4 Å². The minimum absolute atomic E-state index is 0.171. The smallest absolute Gasteiger partial charge is 0.315 e. The number of aliphatic hydroxyl groups excluding tert-OH is 1. The zero-order valence-corrected chi connectivity index (χ0v) is 13.1. The predicted molar refractivity (Wildman–Crippen MR) is 81.5 cm³/mol. The van der Waals surface area contributed by atoms with Crippen molar-refractivity contribution in [2.45, 2.75) is 46.3 Å². The molecule has 2 atom stereocenters. The van der Waals surface area contributed by atoms with E-state index < -0.39 is 6.10 Å². The second-order valence-corrected chi connectivity index (χ2v) is 5.73. The van der Waals surface area contributed by atoms with Gasteiger partial charge in [0.2, 0.25) is 0 Å². The Kier molecular flexibility index (Phi) is 6.62. The van der Waals surface area contributed by atoms with Gasteiger partial charge < -0.3 is 15.7 Å². The van der Waals surface area contributed by atoms with Crippen molar-refractivity contribution in [3.05, 3.63) is 35.1 Å². The van der Waals surface area contributed by atoms with Crippen LogP contribution in [0.25, 0.3) is 0 Å². The van der Waals surface area contributed by atoms with E-state index in [0.29, 0.717) is 18.5 Å². The molecule has 2 amide bonds. The van der Waals surface area contributed by atoms with E-state index >= 15 is 0 Å². The lowest BCUT2D eigenvalue weighted by Crippen LogP contribution is -2.38. The maximum atomic E-state index is 13.5. The SMILES string of the molecule is Cc1ccc(C(C)NC(=O)NCCC(O)C(C)C)cc1F. The van der Waals surface area contributed by atoms with Gasteiger partial charge >= 0.3 is 6.03 Å². The van der Waals surface area contributed by atoms with Gasteiger partial charge in [-0.3, -0.25) is 0 Å². The summed E-state index contributed by atoms with van der Waals surface area (Å²) in [5.74, 6) is -0.106. The molecule has 0 saturated carbocycles. The summed E-state index contributed by atoms with van der Waals surface area (Å²) in [6.45, 7) is 7.76. The van der Waals surface area contributed by atoms with E-state index in [9.17, 15) is 14.3 Å². The van der Waals surface area contributed by atoms with Crippen LogP contribution in [0.2, 0.25) is 0 Å². The van der Waals surface area contributed by atoms with Gasteiger partial charge in [0, 0.05) is 6.54 Å². The zero-order chi connectivity index (χ0) is 16.0. The Morgan fingerprint density at radius 3 is 2.57 bits per heavy atom. The van der Waals surface area contributed by atoms with Crippen molar-refractivity contribution in [3.8, 4) is 0 Å². The van der Waals surface area contributed by atoms with Crippen LogP contribution in [0.4, 0.5) is 9.18 Å². The second kappa shape index (κ2) is 7.98. The monoisotopic (exact) mass is 296 g/mol. The van der Waals surface area contributed by atoms with Crippen LogP contribution in [0, 0.1) is 18.7 Å². The summed E-state index contributed by atoms with van der Waals surface area (Å²) < 4.78 is 13.5. The van der Waals surface area contributed by atoms with Crippen molar-refractivity contribution in [1.82, 2.24) is 10.6 Å². The van der Waals surface area contributed by atoms with Crippen molar-refractivity contribution < 1.29 is 14.3 Å². The van der Waals surface area contributed by atoms with E-state index in [-0.39, 0.29) is 23.8 Å². The summed E-state index contributed by atoms with van der Waals surface area (Å²) >= 11 is 0. The number of amides is 2. The minimum atomic E-state index is -0.422. The average Bonchev–Trinajstić information content (AvgIpc) is 2.41. The number of benzene rings is 1. The van der Waals surface area contributed by atoms with Gasteiger partial charge in [-0.05, 0) is 43.4 Å². The van der Waals surface area contributed by atoms with E-state index in [1.165, 1.54) is 6.07 Å². The Labute approximate surface area is 125 Å². The third-order valence-electron chi connectivity index (χ3n) is 3.54. The van der Waals surface area contributed by atoms with Gasteiger partial charge in [-0.1, -0.05) is 26.0 Å². The largest absolute Gasteiger partial charge is 0.393 e. The fourth-order valence-electron chi connectivity index (χ4n) is 1.88. The number of carbonyl (C=O) groups excluding carboxylic acids is 1. The van der Waals surface area contributed by atoms with Crippen molar-refractivity contribution in [3.63, 3.8) is 0 Å². The lowest BCUT2D eigenvalue weighted by molar-refractivity contribution is 0.116. The standard InChI is InChI=1S/C16H25FN2O2/c1-10(2)15(20)7-8-18-16(21)19-12(4)13-6-5-11(3)14(17)9-13/h5-6,9-10,12,15,20H,7-8H2,1-4H3,(H2,18,19,21). The molecular weight excluding hydrogens is 271 g/mol. The van der Waals surface area contributed by atoms with E-state index in [2.05, 4.69) is 10.6 Å². The molecule has 4 nitrogen and oxygen atoms in total. The Bertz CT molecular complexity index is 477. The van der Waals surface area contributed by atoms with Crippen LogP contribution in [0.3, 0.4) is 0 Å². The first-order chi connectivity index (χ1) is 9.81. The van der Waals surface area contributed by atoms with Crippen LogP contribution in [-0.4, -0.2) is 23.8 Å². The van der Waals surface area contributed by atoms with Crippen molar-refractivity contribution in [2.75, 3.05) is 6.54 Å². The number of urea groups is 1. The number of hydrogen-bond acceptors (Lipinski definition) is 2. The van der Waals surface area contributed by atoms with Crippen LogP contribution in [0.5, 0.6) is 0 Å². The van der Waals surface area contributed by atoms with Crippen LogP contribution in [0.15, 0.2) is 18.2 Å². The molecule has 21 heavy (non-hydrogen) atoms. The number of carbonyl (C=O) groups is 1. The molecule has 0 fully saturated rings. The Balaban J connectivity index is 2.41. The summed E-state index contributed by atoms with van der Waals surface area (Å²) in [7, 11) is 0. The highest BCUT2D eigenvalue weighted by molar-refractivity contribution is 5.74. The van der Waals surface area contributed by atoms with Crippen LogP contribution in [-0.2, 0) is 0 Å². The Morgan fingerprint density at radius 1 is 1.33 bits per heavy atom. The zero-order valence-electron chi connectivity index (χ0n) is 13.1.